The zero-order valence-corrected chi connectivity index (χ0v) is 15.3. The van der Waals surface area contributed by atoms with Crippen molar-refractivity contribution < 1.29 is 49.6 Å². The van der Waals surface area contributed by atoms with Crippen LogP contribution in [0.15, 0.2) is 4.90 Å². The van der Waals surface area contributed by atoms with Gasteiger partial charge in [0.2, 0.25) is 0 Å². The first-order valence-corrected chi connectivity index (χ1v) is 10.2. The van der Waals surface area contributed by atoms with Crippen LogP contribution in [0.3, 0.4) is 0 Å². The molecule has 5 atom stereocenters. The number of carbonyl (C=O) groups is 2. The summed E-state index contributed by atoms with van der Waals surface area (Å²) < 4.78 is 97.4. The van der Waals surface area contributed by atoms with Crippen LogP contribution in [0.1, 0.15) is 36.0 Å². The van der Waals surface area contributed by atoms with E-state index < -0.39 is 68.0 Å². The number of halogens is 4. The molecule has 2 heterocycles. The minimum absolute atomic E-state index is 0.169. The lowest BCUT2D eigenvalue weighted by molar-refractivity contribution is -0.156. The Labute approximate surface area is 161 Å². The summed E-state index contributed by atoms with van der Waals surface area (Å²) in [6.07, 6.45) is 0.0608. The van der Waals surface area contributed by atoms with E-state index in [4.69, 9.17) is 14.0 Å². The molecule has 158 valence electrons. The molecule has 2 aliphatic carbocycles. The van der Waals surface area contributed by atoms with Gasteiger partial charge in [-0.05, 0) is 31.6 Å². The highest BCUT2D eigenvalue weighted by molar-refractivity contribution is 7.85. The zero-order chi connectivity index (χ0) is 21.2. The number of esters is 2. The topological polar surface area (TPSA) is 107 Å². The van der Waals surface area contributed by atoms with Crippen molar-refractivity contribution in [3.63, 3.8) is 0 Å². The van der Waals surface area contributed by atoms with Crippen LogP contribution < -0.4 is 0 Å². The van der Waals surface area contributed by atoms with Crippen molar-refractivity contribution in [1.29, 1.82) is 0 Å². The Morgan fingerprint density at radius 3 is 2.21 bits per heavy atom. The third-order valence-corrected chi connectivity index (χ3v) is 6.64. The molecule has 5 unspecified atom stereocenters. The van der Waals surface area contributed by atoms with Crippen molar-refractivity contribution in [2.75, 3.05) is 0 Å². The van der Waals surface area contributed by atoms with Gasteiger partial charge < -0.3 is 9.47 Å². The Kier molecular flexibility index (Phi) is 4.61. The average molecular weight is 438 g/mol. The lowest BCUT2D eigenvalue weighted by Gasteiger charge is -2.41. The molecular weight excluding hydrogens is 424 g/mol. The van der Waals surface area contributed by atoms with Crippen molar-refractivity contribution >= 4 is 22.1 Å². The molecule has 2 saturated carbocycles. The van der Waals surface area contributed by atoms with Crippen LogP contribution in [0.25, 0.3) is 0 Å². The molecule has 0 amide bonds. The SMILES string of the molecule is O=C(OC1C2CC3CC(C2)C(=O)OC1C3)c1c(F)c(F)c(S(=O)(=O)O)c(F)c1F. The summed E-state index contributed by atoms with van der Waals surface area (Å²) in [4.78, 5) is 22.1. The predicted molar refractivity (Wildman–Crippen MR) is 84.1 cm³/mol. The Morgan fingerprint density at radius 1 is 1.00 bits per heavy atom. The number of hydrogen-bond acceptors (Lipinski definition) is 6. The van der Waals surface area contributed by atoms with E-state index in [9.17, 15) is 35.6 Å². The zero-order valence-electron chi connectivity index (χ0n) is 14.5. The fourth-order valence-electron chi connectivity index (χ4n) is 4.64. The number of rotatable bonds is 3. The van der Waals surface area contributed by atoms with Crippen molar-refractivity contribution in [3.05, 3.63) is 28.8 Å². The molecule has 4 bridgehead atoms. The normalized spacial score (nSPS) is 30.8. The molecular formula is C17H14F4O7S. The van der Waals surface area contributed by atoms with Crippen LogP contribution in [0, 0.1) is 41.0 Å². The number of hydrogen-bond donors (Lipinski definition) is 1. The molecule has 2 aliphatic heterocycles. The van der Waals surface area contributed by atoms with E-state index in [1.165, 1.54) is 0 Å². The fraction of sp³-hybridized carbons (Fsp3) is 0.529. The van der Waals surface area contributed by atoms with Gasteiger partial charge in [-0.3, -0.25) is 9.35 Å². The summed E-state index contributed by atoms with van der Waals surface area (Å²) in [5, 5.41) is 0. The van der Waals surface area contributed by atoms with Crippen LogP contribution in [0.4, 0.5) is 17.6 Å². The van der Waals surface area contributed by atoms with Crippen molar-refractivity contribution in [2.45, 2.75) is 42.8 Å². The molecule has 4 aliphatic rings. The number of carbonyl (C=O) groups excluding carboxylic acids is 2. The van der Waals surface area contributed by atoms with E-state index in [0.29, 0.717) is 25.7 Å². The van der Waals surface area contributed by atoms with Crippen molar-refractivity contribution in [1.82, 2.24) is 0 Å². The fourth-order valence-corrected chi connectivity index (χ4v) is 5.27. The lowest BCUT2D eigenvalue weighted by Crippen LogP contribution is -2.45. The second kappa shape index (κ2) is 6.66. The molecule has 0 radical (unpaired) electrons. The summed E-state index contributed by atoms with van der Waals surface area (Å²) in [5.41, 5.74) is -1.77. The molecule has 1 N–H and O–H groups in total. The summed E-state index contributed by atoms with van der Waals surface area (Å²) in [7, 11) is -5.64. The monoisotopic (exact) mass is 438 g/mol. The molecule has 2 saturated heterocycles. The highest BCUT2D eigenvalue weighted by Crippen LogP contribution is 2.48. The van der Waals surface area contributed by atoms with E-state index >= 15 is 0 Å². The third-order valence-electron chi connectivity index (χ3n) is 5.77. The van der Waals surface area contributed by atoms with Crippen molar-refractivity contribution in [2.24, 2.45) is 17.8 Å². The Bertz CT molecular complexity index is 996. The summed E-state index contributed by atoms with van der Waals surface area (Å²) in [6, 6.07) is 0. The standard InChI is InChI=1S/C17H14F4O7S/c18-10-9(11(19)13(21)15(12(10)20)29(24,25)26)17(23)28-14-6-1-5-2-7(4-6)16(22)27-8(14)3-5/h5-8,14H,1-4H2,(H,24,25,26). The maximum absolute atomic E-state index is 14.2. The molecule has 1 aromatic rings. The second-order valence-corrected chi connectivity index (χ2v) is 8.90. The van der Waals surface area contributed by atoms with Gasteiger partial charge in [-0.2, -0.15) is 8.42 Å². The molecule has 29 heavy (non-hydrogen) atoms. The molecule has 7 nitrogen and oxygen atoms in total. The molecule has 12 heteroatoms. The largest absolute Gasteiger partial charge is 0.458 e. The maximum Gasteiger partial charge on any atom is 0.344 e. The average Bonchev–Trinajstić information content (AvgIpc) is 2.77. The number of benzene rings is 1. The van der Waals surface area contributed by atoms with Gasteiger partial charge in [-0.1, -0.05) is 0 Å². The van der Waals surface area contributed by atoms with Crippen LogP contribution in [-0.4, -0.2) is 37.1 Å². The van der Waals surface area contributed by atoms with Gasteiger partial charge in [-0.15, -0.1) is 0 Å². The highest BCUT2D eigenvalue weighted by Gasteiger charge is 2.52. The Balaban J connectivity index is 1.69. The summed E-state index contributed by atoms with van der Waals surface area (Å²) >= 11 is 0. The molecule has 1 aromatic carbocycles. The van der Waals surface area contributed by atoms with Crippen LogP contribution in [0.5, 0.6) is 0 Å². The second-order valence-electron chi connectivity index (χ2n) is 7.55. The molecule has 0 spiro atoms. The van der Waals surface area contributed by atoms with Gasteiger partial charge >= 0.3 is 22.1 Å². The Morgan fingerprint density at radius 2 is 1.62 bits per heavy atom. The minimum atomic E-state index is -5.64. The molecule has 0 aromatic heterocycles. The van der Waals surface area contributed by atoms with Gasteiger partial charge in [0.1, 0.15) is 17.8 Å². The number of ether oxygens (including phenoxy) is 2. The van der Waals surface area contributed by atoms with Gasteiger partial charge in [0.15, 0.2) is 28.2 Å². The van der Waals surface area contributed by atoms with Crippen LogP contribution in [0.2, 0.25) is 0 Å². The van der Waals surface area contributed by atoms with E-state index in [1.54, 1.807) is 0 Å². The first-order chi connectivity index (χ1) is 13.5. The lowest BCUT2D eigenvalue weighted by atomic mass is 9.67. The van der Waals surface area contributed by atoms with Gasteiger partial charge in [0, 0.05) is 5.92 Å². The van der Waals surface area contributed by atoms with Crippen molar-refractivity contribution in [3.8, 4) is 0 Å². The van der Waals surface area contributed by atoms with Crippen LogP contribution >= 0.6 is 0 Å². The highest BCUT2D eigenvalue weighted by atomic mass is 32.2. The predicted octanol–water partition coefficient (Wildman–Crippen LogP) is 2.38. The minimum Gasteiger partial charge on any atom is -0.458 e. The van der Waals surface area contributed by atoms with Gasteiger partial charge in [-0.25, -0.2) is 22.4 Å². The first-order valence-electron chi connectivity index (χ1n) is 8.74. The maximum atomic E-state index is 14.2. The molecule has 4 fully saturated rings. The quantitative estimate of drug-likeness (QED) is 0.334. The van der Waals surface area contributed by atoms with E-state index in [1.807, 2.05) is 0 Å². The van der Waals surface area contributed by atoms with E-state index in [0.717, 1.165) is 0 Å². The van der Waals surface area contributed by atoms with Gasteiger partial charge in [0.25, 0.3) is 0 Å². The molecule has 5 rings (SSSR count). The summed E-state index contributed by atoms with van der Waals surface area (Å²) in [6.45, 7) is 0. The van der Waals surface area contributed by atoms with E-state index in [-0.39, 0.29) is 17.8 Å². The van der Waals surface area contributed by atoms with Crippen LogP contribution in [-0.2, 0) is 24.4 Å². The number of fused-ring (bicyclic) bond motifs is 1. The Hall–Kier alpha value is -2.21. The third kappa shape index (κ3) is 3.18. The van der Waals surface area contributed by atoms with E-state index in [2.05, 4.69) is 0 Å². The van der Waals surface area contributed by atoms with Gasteiger partial charge in [0.05, 0.1) is 5.92 Å². The smallest absolute Gasteiger partial charge is 0.344 e. The summed E-state index contributed by atoms with van der Waals surface area (Å²) in [5.74, 6) is -12.3. The first kappa shape index (κ1) is 20.1.